The molecule has 0 atom stereocenters. The van der Waals surface area contributed by atoms with Crippen LogP contribution >= 0.6 is 0 Å². The van der Waals surface area contributed by atoms with Crippen LogP contribution < -0.4 is 10.6 Å². The van der Waals surface area contributed by atoms with Crippen LogP contribution in [-0.2, 0) is 4.79 Å². The largest absolute Gasteiger partial charge is 0.465 e. The summed E-state index contributed by atoms with van der Waals surface area (Å²) in [6, 6.07) is 12.1. The van der Waals surface area contributed by atoms with Gasteiger partial charge in [-0.15, -0.1) is 0 Å². The van der Waals surface area contributed by atoms with Gasteiger partial charge in [-0.1, -0.05) is 18.2 Å². The lowest BCUT2D eigenvalue weighted by Crippen LogP contribution is -2.37. The van der Waals surface area contributed by atoms with Gasteiger partial charge >= 0.3 is 0 Å². The van der Waals surface area contributed by atoms with Crippen molar-refractivity contribution >= 4 is 17.9 Å². The molecule has 0 aliphatic heterocycles. The molecule has 1 aromatic carbocycles. The Labute approximate surface area is 141 Å². The number of rotatable bonds is 7. The molecule has 1 heterocycles. The average molecular weight is 327 g/mol. The molecule has 2 rings (SSSR count). The Balaban J connectivity index is 2.11. The summed E-state index contributed by atoms with van der Waals surface area (Å²) in [5, 5.41) is 5.42. The van der Waals surface area contributed by atoms with Crippen LogP contribution in [0.5, 0.6) is 0 Å². The number of nitrogens with one attached hydrogen (secondary N) is 2. The number of carbonyl (C=O) groups excluding carboxylic acids is 2. The average Bonchev–Trinajstić information content (AvgIpc) is 3.07. The second-order valence-corrected chi connectivity index (χ2v) is 5.45. The van der Waals surface area contributed by atoms with Gasteiger partial charge in [0.15, 0.2) is 0 Å². The molecule has 6 nitrogen and oxygen atoms in total. The van der Waals surface area contributed by atoms with Gasteiger partial charge in [0.1, 0.15) is 11.5 Å². The number of benzene rings is 1. The van der Waals surface area contributed by atoms with Crippen LogP contribution in [0.1, 0.15) is 16.1 Å². The fraction of sp³-hybridized carbons (Fsp3) is 0.222. The van der Waals surface area contributed by atoms with E-state index in [2.05, 4.69) is 10.6 Å². The molecule has 0 unspecified atom stereocenters. The van der Waals surface area contributed by atoms with E-state index in [0.717, 1.165) is 0 Å². The Kier molecular flexibility index (Phi) is 6.33. The maximum Gasteiger partial charge on any atom is 0.267 e. The van der Waals surface area contributed by atoms with Gasteiger partial charge < -0.3 is 20.0 Å². The van der Waals surface area contributed by atoms with Crippen molar-refractivity contribution in [3.63, 3.8) is 0 Å². The van der Waals surface area contributed by atoms with Crippen LogP contribution in [0.2, 0.25) is 0 Å². The summed E-state index contributed by atoms with van der Waals surface area (Å²) in [6.07, 6.45) is 3.01. The van der Waals surface area contributed by atoms with Crippen molar-refractivity contribution < 1.29 is 14.0 Å². The molecular formula is C18H21N3O3. The summed E-state index contributed by atoms with van der Waals surface area (Å²) in [5.41, 5.74) is 0.612. The minimum Gasteiger partial charge on any atom is -0.465 e. The standard InChI is InChI=1S/C18H21N3O3/c1-21(2)11-10-19-18(23)16(13-15-9-6-12-24-15)20-17(22)14-7-4-3-5-8-14/h3-9,12-13H,10-11H2,1-2H3,(H,19,23)(H,20,22). The minimum atomic E-state index is -0.363. The summed E-state index contributed by atoms with van der Waals surface area (Å²) >= 11 is 0. The summed E-state index contributed by atoms with van der Waals surface area (Å²) in [6.45, 7) is 1.18. The number of hydrogen-bond donors (Lipinski definition) is 2. The van der Waals surface area contributed by atoms with Gasteiger partial charge in [0.2, 0.25) is 0 Å². The summed E-state index contributed by atoms with van der Waals surface area (Å²) in [4.78, 5) is 26.6. The monoisotopic (exact) mass is 327 g/mol. The molecule has 0 saturated carbocycles. The van der Waals surface area contributed by atoms with Gasteiger partial charge in [-0.2, -0.15) is 0 Å². The van der Waals surface area contributed by atoms with Gasteiger partial charge in [-0.3, -0.25) is 9.59 Å². The van der Waals surface area contributed by atoms with Crippen molar-refractivity contribution in [1.82, 2.24) is 15.5 Å². The Morgan fingerprint density at radius 3 is 2.50 bits per heavy atom. The maximum absolute atomic E-state index is 12.4. The highest BCUT2D eigenvalue weighted by molar-refractivity contribution is 6.05. The maximum atomic E-state index is 12.4. The molecule has 0 aliphatic rings. The molecule has 126 valence electrons. The molecule has 2 N–H and O–H groups in total. The van der Waals surface area contributed by atoms with Crippen LogP contribution in [0.15, 0.2) is 58.8 Å². The molecule has 0 fully saturated rings. The van der Waals surface area contributed by atoms with E-state index in [1.807, 2.05) is 25.1 Å². The van der Waals surface area contributed by atoms with Crippen molar-refractivity contribution in [2.45, 2.75) is 0 Å². The summed E-state index contributed by atoms with van der Waals surface area (Å²) in [5.74, 6) is -0.227. The highest BCUT2D eigenvalue weighted by Crippen LogP contribution is 2.07. The van der Waals surface area contributed by atoms with E-state index in [1.54, 1.807) is 36.4 Å². The Hall–Kier alpha value is -2.86. The van der Waals surface area contributed by atoms with E-state index in [-0.39, 0.29) is 17.5 Å². The van der Waals surface area contributed by atoms with Crippen LogP contribution in [0.3, 0.4) is 0 Å². The molecule has 6 heteroatoms. The molecule has 0 bridgehead atoms. The fourth-order valence-corrected chi connectivity index (χ4v) is 1.95. The SMILES string of the molecule is CN(C)CCNC(=O)C(=Cc1ccco1)NC(=O)c1ccccc1. The number of furan rings is 1. The lowest BCUT2D eigenvalue weighted by atomic mass is 10.2. The molecule has 1 aromatic heterocycles. The van der Waals surface area contributed by atoms with Crippen molar-refractivity contribution in [3.8, 4) is 0 Å². The van der Waals surface area contributed by atoms with Crippen molar-refractivity contribution in [2.24, 2.45) is 0 Å². The van der Waals surface area contributed by atoms with Gasteiger partial charge in [-0.25, -0.2) is 0 Å². The minimum absolute atomic E-state index is 0.137. The zero-order chi connectivity index (χ0) is 17.4. The number of carbonyl (C=O) groups is 2. The van der Waals surface area contributed by atoms with E-state index >= 15 is 0 Å². The van der Waals surface area contributed by atoms with E-state index < -0.39 is 0 Å². The third-order valence-corrected chi connectivity index (χ3v) is 3.20. The smallest absolute Gasteiger partial charge is 0.267 e. The van der Waals surface area contributed by atoms with E-state index in [9.17, 15) is 9.59 Å². The van der Waals surface area contributed by atoms with Crippen LogP contribution in [0, 0.1) is 0 Å². The first-order chi connectivity index (χ1) is 11.6. The molecule has 0 spiro atoms. The second kappa shape index (κ2) is 8.69. The molecule has 0 saturated heterocycles. The predicted octanol–water partition coefficient (Wildman–Crippen LogP) is 1.73. The predicted molar refractivity (Wildman–Crippen MR) is 92.2 cm³/mol. The molecule has 2 amide bonds. The van der Waals surface area contributed by atoms with Crippen molar-refractivity contribution in [3.05, 3.63) is 65.7 Å². The zero-order valence-corrected chi connectivity index (χ0v) is 13.8. The molecule has 2 aromatic rings. The second-order valence-electron chi connectivity index (χ2n) is 5.45. The highest BCUT2D eigenvalue weighted by atomic mass is 16.3. The third kappa shape index (κ3) is 5.40. The van der Waals surface area contributed by atoms with E-state index in [4.69, 9.17) is 4.42 Å². The third-order valence-electron chi connectivity index (χ3n) is 3.20. The fourth-order valence-electron chi connectivity index (χ4n) is 1.95. The first-order valence-electron chi connectivity index (χ1n) is 7.61. The molecule has 0 radical (unpaired) electrons. The highest BCUT2D eigenvalue weighted by Gasteiger charge is 2.14. The number of likely N-dealkylation sites (N-methyl/N-ethyl adjacent to an activating group) is 1. The van der Waals surface area contributed by atoms with E-state index in [0.29, 0.717) is 24.4 Å². The number of amides is 2. The number of nitrogens with zero attached hydrogens (tertiary/aromatic N) is 1. The summed E-state index contributed by atoms with van der Waals surface area (Å²) < 4.78 is 5.23. The van der Waals surface area contributed by atoms with Gasteiger partial charge in [0.05, 0.1) is 6.26 Å². The lowest BCUT2D eigenvalue weighted by Gasteiger charge is -2.13. The van der Waals surface area contributed by atoms with Crippen molar-refractivity contribution in [2.75, 3.05) is 27.2 Å². The first kappa shape index (κ1) is 17.5. The molecule has 24 heavy (non-hydrogen) atoms. The summed E-state index contributed by atoms with van der Waals surface area (Å²) in [7, 11) is 3.84. The van der Waals surface area contributed by atoms with Gasteiger partial charge in [-0.05, 0) is 38.4 Å². The Morgan fingerprint density at radius 1 is 1.12 bits per heavy atom. The van der Waals surface area contributed by atoms with Gasteiger partial charge in [0.25, 0.3) is 11.8 Å². The first-order valence-corrected chi connectivity index (χ1v) is 7.61. The lowest BCUT2D eigenvalue weighted by molar-refractivity contribution is -0.117. The zero-order valence-electron chi connectivity index (χ0n) is 13.8. The van der Waals surface area contributed by atoms with Gasteiger partial charge in [0, 0.05) is 24.7 Å². The normalized spacial score (nSPS) is 11.4. The topological polar surface area (TPSA) is 74.6 Å². The molecule has 0 aliphatic carbocycles. The van der Waals surface area contributed by atoms with E-state index in [1.165, 1.54) is 12.3 Å². The number of hydrogen-bond acceptors (Lipinski definition) is 4. The molecular weight excluding hydrogens is 306 g/mol. The Morgan fingerprint density at radius 2 is 1.88 bits per heavy atom. The van der Waals surface area contributed by atoms with Crippen LogP contribution in [0.25, 0.3) is 6.08 Å². The van der Waals surface area contributed by atoms with Crippen LogP contribution in [-0.4, -0.2) is 43.9 Å². The van der Waals surface area contributed by atoms with Crippen molar-refractivity contribution in [1.29, 1.82) is 0 Å². The van der Waals surface area contributed by atoms with Crippen LogP contribution in [0.4, 0.5) is 0 Å². The quantitative estimate of drug-likeness (QED) is 0.760. The Bertz CT molecular complexity index is 692.